The molecule has 194 valence electrons. The van der Waals surface area contributed by atoms with Gasteiger partial charge in [0.1, 0.15) is 17.6 Å². The molecule has 1 unspecified atom stereocenters. The average Bonchev–Trinajstić information content (AvgIpc) is 3.48. The maximum absolute atomic E-state index is 13.8. The van der Waals surface area contributed by atoms with Crippen LogP contribution in [-0.4, -0.2) is 62.4 Å². The number of hydrogen-bond acceptors (Lipinski definition) is 9. The van der Waals surface area contributed by atoms with Crippen LogP contribution in [0, 0.1) is 0 Å². The largest absolute Gasteiger partial charge is 0.496 e. The smallest absolute Gasteiger partial charge is 0.338 e. The Labute approximate surface area is 218 Å². The minimum atomic E-state index is -0.730. The number of hydrogen-bond donors (Lipinski definition) is 0. The summed E-state index contributed by atoms with van der Waals surface area (Å²) in [6.07, 6.45) is 1.74. The zero-order valence-electron chi connectivity index (χ0n) is 21.4. The van der Waals surface area contributed by atoms with Crippen LogP contribution >= 0.6 is 11.3 Å². The Kier molecular flexibility index (Phi) is 7.03. The number of ether oxygens (including phenoxy) is 2. The molecular weight excluding hydrogens is 492 g/mol. The number of likely N-dealkylation sites (N-methyl/N-ethyl adjacent to an activating group) is 1. The highest BCUT2D eigenvalue weighted by atomic mass is 32.1. The average molecular weight is 523 g/mol. The van der Waals surface area contributed by atoms with Crippen molar-refractivity contribution in [2.75, 3.05) is 51.8 Å². The molecule has 1 saturated heterocycles. The molecule has 0 aliphatic carbocycles. The van der Waals surface area contributed by atoms with Crippen molar-refractivity contribution in [3.63, 3.8) is 0 Å². The minimum Gasteiger partial charge on any atom is -0.496 e. The summed E-state index contributed by atoms with van der Waals surface area (Å²) in [6, 6.07) is 10.5. The van der Waals surface area contributed by atoms with Crippen LogP contribution < -0.4 is 24.5 Å². The van der Waals surface area contributed by atoms with Crippen molar-refractivity contribution < 1.29 is 18.7 Å². The van der Waals surface area contributed by atoms with E-state index in [1.54, 1.807) is 31.6 Å². The van der Waals surface area contributed by atoms with E-state index in [2.05, 4.69) is 21.8 Å². The molecule has 2 aliphatic rings. The fraction of sp³-hybridized carbons (Fsp3) is 0.370. The van der Waals surface area contributed by atoms with Gasteiger partial charge >= 0.3 is 5.97 Å². The number of esters is 1. The van der Waals surface area contributed by atoms with Gasteiger partial charge in [-0.25, -0.2) is 9.79 Å². The van der Waals surface area contributed by atoms with Crippen LogP contribution in [-0.2, 0) is 9.53 Å². The zero-order chi connectivity index (χ0) is 26.1. The number of anilines is 1. The van der Waals surface area contributed by atoms with Crippen LogP contribution in [0.1, 0.15) is 31.2 Å². The number of benzene rings is 1. The fourth-order valence-corrected chi connectivity index (χ4v) is 5.75. The fourth-order valence-electron chi connectivity index (χ4n) is 4.72. The van der Waals surface area contributed by atoms with Gasteiger partial charge in [0.2, 0.25) is 0 Å². The predicted molar refractivity (Wildman–Crippen MR) is 142 cm³/mol. The van der Waals surface area contributed by atoms with Crippen molar-refractivity contribution in [1.82, 2.24) is 9.47 Å². The lowest BCUT2D eigenvalue weighted by Crippen LogP contribution is -2.44. The Morgan fingerprint density at radius 3 is 2.68 bits per heavy atom. The summed E-state index contributed by atoms with van der Waals surface area (Å²) in [4.78, 5) is 36.5. The molecule has 1 atom stereocenters. The van der Waals surface area contributed by atoms with Gasteiger partial charge in [0.15, 0.2) is 10.7 Å². The topological polar surface area (TPSA) is 89.5 Å². The number of furan rings is 1. The monoisotopic (exact) mass is 522 g/mol. The number of piperazine rings is 1. The third kappa shape index (κ3) is 4.74. The standard InChI is InChI=1S/C27H30N4O5S/c1-5-35-26(33)23-17(2)28-27-31(24(23)19-8-6-7-9-20(19)34-4)25(32)21(37-27)16-18-10-11-22(36-18)30-14-12-29(3)13-15-30/h6-11,16,24H,5,12-15H2,1-4H3. The van der Waals surface area contributed by atoms with E-state index in [4.69, 9.17) is 13.9 Å². The summed E-state index contributed by atoms with van der Waals surface area (Å²) in [7, 11) is 3.68. The lowest BCUT2D eigenvalue weighted by Gasteiger charge is -2.32. The lowest BCUT2D eigenvalue weighted by atomic mass is 9.95. The Balaban J connectivity index is 1.61. The van der Waals surface area contributed by atoms with Crippen molar-refractivity contribution >= 4 is 29.3 Å². The zero-order valence-corrected chi connectivity index (χ0v) is 22.2. The second-order valence-electron chi connectivity index (χ2n) is 9.01. The van der Waals surface area contributed by atoms with Gasteiger partial charge in [0.05, 0.1) is 29.5 Å². The van der Waals surface area contributed by atoms with Crippen molar-refractivity contribution in [1.29, 1.82) is 0 Å². The number of methoxy groups -OCH3 is 1. The molecule has 10 heteroatoms. The van der Waals surface area contributed by atoms with Crippen LogP contribution in [0.5, 0.6) is 5.75 Å². The van der Waals surface area contributed by atoms with E-state index >= 15 is 0 Å². The van der Waals surface area contributed by atoms with Gasteiger partial charge in [-0.3, -0.25) is 9.36 Å². The van der Waals surface area contributed by atoms with Crippen LogP contribution in [0.25, 0.3) is 6.08 Å². The maximum Gasteiger partial charge on any atom is 0.338 e. The highest BCUT2D eigenvalue weighted by Gasteiger charge is 2.35. The Bertz CT molecular complexity index is 1520. The summed E-state index contributed by atoms with van der Waals surface area (Å²) in [6.45, 7) is 7.45. The van der Waals surface area contributed by atoms with E-state index in [0.29, 0.717) is 37.7 Å². The Morgan fingerprint density at radius 2 is 1.95 bits per heavy atom. The number of carbonyl (C=O) groups is 1. The number of aromatic nitrogens is 1. The summed E-state index contributed by atoms with van der Waals surface area (Å²) >= 11 is 1.27. The number of para-hydroxylation sites is 1. The van der Waals surface area contributed by atoms with E-state index < -0.39 is 12.0 Å². The Hall–Kier alpha value is -3.63. The summed E-state index contributed by atoms with van der Waals surface area (Å²) in [5.41, 5.74) is 1.26. The molecule has 1 aromatic carbocycles. The number of carbonyl (C=O) groups excluding carboxylic acids is 1. The van der Waals surface area contributed by atoms with Gasteiger partial charge in [0, 0.05) is 43.9 Å². The van der Waals surface area contributed by atoms with Gasteiger partial charge in [-0.15, -0.1) is 0 Å². The molecule has 5 rings (SSSR count). The van der Waals surface area contributed by atoms with E-state index in [9.17, 15) is 9.59 Å². The molecule has 0 radical (unpaired) electrons. The first-order valence-corrected chi connectivity index (χ1v) is 13.1. The summed E-state index contributed by atoms with van der Waals surface area (Å²) < 4.78 is 19.1. The summed E-state index contributed by atoms with van der Waals surface area (Å²) in [5.74, 6) is 1.45. The lowest BCUT2D eigenvalue weighted by molar-refractivity contribution is -0.139. The third-order valence-electron chi connectivity index (χ3n) is 6.65. The molecule has 4 heterocycles. The van der Waals surface area contributed by atoms with Crippen LogP contribution in [0.3, 0.4) is 0 Å². The van der Waals surface area contributed by atoms with Crippen molar-refractivity contribution in [3.05, 3.63) is 78.7 Å². The quantitative estimate of drug-likeness (QED) is 0.459. The van der Waals surface area contributed by atoms with E-state index in [-0.39, 0.29) is 12.2 Å². The molecule has 0 N–H and O–H groups in total. The van der Waals surface area contributed by atoms with E-state index in [0.717, 1.165) is 32.1 Å². The molecule has 0 spiro atoms. The van der Waals surface area contributed by atoms with E-state index in [1.807, 2.05) is 36.4 Å². The van der Waals surface area contributed by atoms with E-state index in [1.165, 1.54) is 11.3 Å². The minimum absolute atomic E-state index is 0.215. The van der Waals surface area contributed by atoms with Crippen molar-refractivity contribution in [2.45, 2.75) is 19.9 Å². The molecule has 0 saturated carbocycles. The van der Waals surface area contributed by atoms with Crippen molar-refractivity contribution in [3.8, 4) is 5.75 Å². The highest BCUT2D eigenvalue weighted by molar-refractivity contribution is 7.07. The molecule has 2 aliphatic heterocycles. The number of thiazole rings is 1. The second-order valence-corrected chi connectivity index (χ2v) is 10.0. The molecule has 0 amide bonds. The second kappa shape index (κ2) is 10.4. The van der Waals surface area contributed by atoms with Crippen LogP contribution in [0.2, 0.25) is 0 Å². The van der Waals surface area contributed by atoms with Crippen molar-refractivity contribution in [2.24, 2.45) is 4.99 Å². The number of allylic oxidation sites excluding steroid dienone is 1. The van der Waals surface area contributed by atoms with Gasteiger partial charge in [-0.05, 0) is 33.0 Å². The van der Waals surface area contributed by atoms with Gasteiger partial charge in [0.25, 0.3) is 5.56 Å². The third-order valence-corrected chi connectivity index (χ3v) is 7.63. The molecule has 37 heavy (non-hydrogen) atoms. The number of nitrogens with zero attached hydrogens (tertiary/aromatic N) is 4. The highest BCUT2D eigenvalue weighted by Crippen LogP contribution is 2.35. The molecule has 0 bridgehead atoms. The summed E-state index contributed by atoms with van der Waals surface area (Å²) in [5, 5.41) is 0. The molecule has 2 aromatic heterocycles. The number of fused-ring (bicyclic) bond motifs is 1. The van der Waals surface area contributed by atoms with Gasteiger partial charge in [-0.2, -0.15) is 0 Å². The first kappa shape index (κ1) is 25.0. The van der Waals surface area contributed by atoms with Crippen LogP contribution in [0.4, 0.5) is 5.88 Å². The molecule has 1 fully saturated rings. The van der Waals surface area contributed by atoms with Crippen LogP contribution in [0.15, 0.2) is 61.9 Å². The van der Waals surface area contributed by atoms with Gasteiger partial charge in [-0.1, -0.05) is 29.5 Å². The Morgan fingerprint density at radius 1 is 1.19 bits per heavy atom. The molecular formula is C27H30N4O5S. The molecule has 9 nitrogen and oxygen atoms in total. The predicted octanol–water partition coefficient (Wildman–Crippen LogP) is 2.15. The normalized spacial score (nSPS) is 18.5. The molecule has 3 aromatic rings. The SMILES string of the molecule is CCOC(=O)C1=C(C)N=c2sc(=Cc3ccc(N4CCN(C)CC4)o3)c(=O)n2C1c1ccccc1OC. The number of rotatable bonds is 6. The maximum atomic E-state index is 13.8. The first-order valence-electron chi connectivity index (χ1n) is 12.3. The first-order chi connectivity index (χ1) is 17.9. The van der Waals surface area contributed by atoms with Gasteiger partial charge < -0.3 is 23.7 Å².